The third-order valence-electron chi connectivity index (χ3n) is 5.58. The molecule has 31 heavy (non-hydrogen) atoms. The van der Waals surface area contributed by atoms with Gasteiger partial charge in [-0.05, 0) is 31.6 Å². The summed E-state index contributed by atoms with van der Waals surface area (Å²) < 4.78 is 29.7. The molecule has 3 unspecified atom stereocenters. The van der Waals surface area contributed by atoms with Crippen molar-refractivity contribution in [3.63, 3.8) is 0 Å². The summed E-state index contributed by atoms with van der Waals surface area (Å²) in [4.78, 5) is 0. The molecule has 186 valence electrons. The quantitative estimate of drug-likeness (QED) is 0.147. The zero-order valence-electron chi connectivity index (χ0n) is 20.4. The Morgan fingerprint density at radius 3 is 2.42 bits per heavy atom. The third-order valence-corrected chi connectivity index (χ3v) is 8.74. The van der Waals surface area contributed by atoms with E-state index in [1.165, 1.54) is 32.1 Å². The molecule has 6 nitrogen and oxygen atoms in total. The Bertz CT molecular complexity index is 398. The lowest BCUT2D eigenvalue weighted by Gasteiger charge is -2.33. The standard InChI is InChI=1S/C23H49NO5SSi/c1-4-6-8-9-10-11-23(30)13-20-31(27-15-12-22(3)21-24-29-31)28-19-18-26-17-16-25-14-7-5-2/h22-24,30H,4-21H2,1-3H3. The van der Waals surface area contributed by atoms with Crippen molar-refractivity contribution in [1.29, 1.82) is 0 Å². The van der Waals surface area contributed by atoms with Gasteiger partial charge in [0.25, 0.3) is 0 Å². The van der Waals surface area contributed by atoms with Gasteiger partial charge in [0.1, 0.15) is 0 Å². The third kappa shape index (κ3) is 15.7. The Labute approximate surface area is 198 Å². The van der Waals surface area contributed by atoms with E-state index in [-0.39, 0.29) is 0 Å². The van der Waals surface area contributed by atoms with E-state index < -0.39 is 8.80 Å². The van der Waals surface area contributed by atoms with Gasteiger partial charge in [0.2, 0.25) is 0 Å². The molecule has 0 bridgehead atoms. The van der Waals surface area contributed by atoms with Gasteiger partial charge in [-0.25, -0.2) is 5.48 Å². The van der Waals surface area contributed by atoms with Crippen molar-refractivity contribution in [2.75, 3.05) is 46.2 Å². The fourth-order valence-electron chi connectivity index (χ4n) is 3.40. The molecule has 1 N–H and O–H groups in total. The van der Waals surface area contributed by atoms with Crippen molar-refractivity contribution in [1.82, 2.24) is 5.48 Å². The Hall–Kier alpha value is 0.327. The van der Waals surface area contributed by atoms with Crippen LogP contribution < -0.4 is 5.48 Å². The summed E-state index contributed by atoms with van der Waals surface area (Å²) in [6.07, 6.45) is 11.9. The number of rotatable bonds is 19. The van der Waals surface area contributed by atoms with Crippen molar-refractivity contribution in [2.24, 2.45) is 5.92 Å². The smallest absolute Gasteiger partial charge is 0.379 e. The molecular formula is C23H49NO5SSi. The number of hydroxylamine groups is 1. The van der Waals surface area contributed by atoms with Crippen molar-refractivity contribution in [2.45, 2.75) is 96.3 Å². The molecule has 1 heterocycles. The molecule has 0 saturated carbocycles. The van der Waals surface area contributed by atoms with Gasteiger partial charge in [-0.1, -0.05) is 59.3 Å². The van der Waals surface area contributed by atoms with Gasteiger partial charge in [0.05, 0.1) is 26.4 Å². The fourth-order valence-corrected chi connectivity index (χ4v) is 6.38. The number of ether oxygens (including phenoxy) is 2. The van der Waals surface area contributed by atoms with Gasteiger partial charge in [0, 0.05) is 31.1 Å². The summed E-state index contributed by atoms with van der Waals surface area (Å²) in [7, 11) is -2.78. The Kier molecular flexibility index (Phi) is 18.7. The van der Waals surface area contributed by atoms with E-state index in [0.29, 0.717) is 44.2 Å². The highest BCUT2D eigenvalue weighted by Gasteiger charge is 2.43. The average molecular weight is 480 g/mol. The van der Waals surface area contributed by atoms with Crippen LogP contribution in [0.2, 0.25) is 6.04 Å². The molecule has 1 aliphatic rings. The van der Waals surface area contributed by atoms with Crippen LogP contribution in [-0.4, -0.2) is 60.2 Å². The van der Waals surface area contributed by atoms with Crippen molar-refractivity contribution < 1.29 is 22.9 Å². The van der Waals surface area contributed by atoms with Gasteiger partial charge in [0.15, 0.2) is 0 Å². The summed E-state index contributed by atoms with van der Waals surface area (Å²) in [6.45, 7) is 11.2. The second kappa shape index (κ2) is 19.8. The lowest BCUT2D eigenvalue weighted by atomic mass is 10.1. The van der Waals surface area contributed by atoms with Crippen LogP contribution in [0.1, 0.15) is 85.0 Å². The first kappa shape index (κ1) is 29.4. The van der Waals surface area contributed by atoms with Crippen LogP contribution in [0.4, 0.5) is 0 Å². The summed E-state index contributed by atoms with van der Waals surface area (Å²) >= 11 is 4.82. The van der Waals surface area contributed by atoms with E-state index in [9.17, 15) is 0 Å². The molecule has 1 rings (SSSR count). The maximum absolute atomic E-state index is 6.24. The van der Waals surface area contributed by atoms with Gasteiger partial charge in [-0.2, -0.15) is 12.6 Å². The zero-order valence-corrected chi connectivity index (χ0v) is 22.3. The molecule has 8 heteroatoms. The molecule has 3 atom stereocenters. The van der Waals surface area contributed by atoms with Crippen molar-refractivity contribution >= 4 is 21.4 Å². The number of nitrogens with one attached hydrogen (secondary N) is 1. The predicted molar refractivity (Wildman–Crippen MR) is 133 cm³/mol. The first-order valence-electron chi connectivity index (χ1n) is 12.6. The van der Waals surface area contributed by atoms with Crippen LogP contribution in [0, 0.1) is 5.92 Å². The monoisotopic (exact) mass is 479 g/mol. The number of hydrogen-bond donors (Lipinski definition) is 2. The van der Waals surface area contributed by atoms with Crippen LogP contribution in [0.15, 0.2) is 0 Å². The van der Waals surface area contributed by atoms with Crippen LogP contribution in [0.5, 0.6) is 0 Å². The minimum atomic E-state index is -2.78. The number of hydrogen-bond acceptors (Lipinski definition) is 7. The molecule has 1 saturated heterocycles. The molecule has 0 aromatic heterocycles. The van der Waals surface area contributed by atoms with Crippen LogP contribution in [-0.2, 0) is 22.9 Å². The van der Waals surface area contributed by atoms with Gasteiger partial charge >= 0.3 is 8.80 Å². The summed E-state index contributed by atoms with van der Waals surface area (Å²) in [5.41, 5.74) is 3.12. The second-order valence-corrected chi connectivity index (χ2v) is 12.1. The van der Waals surface area contributed by atoms with Gasteiger partial charge in [-0.15, -0.1) is 0 Å². The van der Waals surface area contributed by atoms with Gasteiger partial charge < -0.3 is 18.3 Å². The minimum Gasteiger partial charge on any atom is -0.379 e. The first-order valence-corrected chi connectivity index (χ1v) is 15.1. The number of unbranched alkanes of at least 4 members (excludes halogenated alkanes) is 5. The normalized spacial score (nSPS) is 23.4. The molecule has 0 spiro atoms. The highest BCUT2D eigenvalue weighted by molar-refractivity contribution is 7.80. The Morgan fingerprint density at radius 1 is 0.935 bits per heavy atom. The Morgan fingerprint density at radius 2 is 1.65 bits per heavy atom. The SMILES string of the molecule is CCCCCCCC(S)CC[Si]1(OCCOCCOCCCC)OCCC(C)CNO1. The van der Waals surface area contributed by atoms with E-state index >= 15 is 0 Å². The van der Waals surface area contributed by atoms with E-state index in [2.05, 4.69) is 26.3 Å². The predicted octanol–water partition coefficient (Wildman–Crippen LogP) is 5.40. The molecule has 1 fully saturated rings. The highest BCUT2D eigenvalue weighted by atomic mass is 32.1. The second-order valence-electron chi connectivity index (χ2n) is 8.70. The molecule has 1 aliphatic heterocycles. The lowest BCUT2D eigenvalue weighted by Crippen LogP contribution is -2.52. The summed E-state index contributed by atoms with van der Waals surface area (Å²) in [5, 5.41) is 0.364. The van der Waals surface area contributed by atoms with E-state index in [4.69, 9.17) is 35.5 Å². The van der Waals surface area contributed by atoms with E-state index in [0.717, 1.165) is 51.3 Å². The zero-order chi connectivity index (χ0) is 22.6. The van der Waals surface area contributed by atoms with Crippen molar-refractivity contribution in [3.05, 3.63) is 0 Å². The first-order chi connectivity index (χ1) is 15.1. The Balaban J connectivity index is 2.34. The molecular weight excluding hydrogens is 430 g/mol. The topological polar surface area (TPSA) is 58.2 Å². The largest absolute Gasteiger partial charge is 0.518 e. The van der Waals surface area contributed by atoms with E-state index in [1.807, 2.05) is 0 Å². The fraction of sp³-hybridized carbons (Fsp3) is 1.00. The van der Waals surface area contributed by atoms with Crippen LogP contribution in [0.25, 0.3) is 0 Å². The highest BCUT2D eigenvalue weighted by Crippen LogP contribution is 2.24. The molecule has 0 radical (unpaired) electrons. The van der Waals surface area contributed by atoms with E-state index in [1.54, 1.807) is 0 Å². The maximum atomic E-state index is 6.24. The maximum Gasteiger partial charge on any atom is 0.518 e. The van der Waals surface area contributed by atoms with Crippen LogP contribution in [0.3, 0.4) is 0 Å². The summed E-state index contributed by atoms with van der Waals surface area (Å²) in [5.74, 6) is 0.531. The molecule has 0 amide bonds. The van der Waals surface area contributed by atoms with Crippen LogP contribution >= 0.6 is 12.6 Å². The van der Waals surface area contributed by atoms with Crippen molar-refractivity contribution in [3.8, 4) is 0 Å². The summed E-state index contributed by atoms with van der Waals surface area (Å²) in [6, 6.07) is 0.789. The minimum absolute atomic E-state index is 0.364. The molecule has 0 aromatic carbocycles. The molecule has 0 aliphatic carbocycles. The average Bonchev–Trinajstić information content (AvgIpc) is 2.75. The lowest BCUT2D eigenvalue weighted by molar-refractivity contribution is -0.0194. The molecule has 0 aromatic rings. The van der Waals surface area contributed by atoms with Gasteiger partial charge in [-0.3, -0.25) is 4.53 Å². The number of thiol groups is 1.